The van der Waals surface area contributed by atoms with Crippen molar-refractivity contribution in [3.63, 3.8) is 0 Å². The molecule has 0 bridgehead atoms. The first-order chi connectivity index (χ1) is 10.1. The zero-order valence-electron chi connectivity index (χ0n) is 11.8. The van der Waals surface area contributed by atoms with E-state index in [4.69, 9.17) is 17.3 Å². The van der Waals surface area contributed by atoms with Gasteiger partial charge in [-0.25, -0.2) is 0 Å². The number of H-pyrrole nitrogens is 1. The van der Waals surface area contributed by atoms with Crippen LogP contribution in [0.25, 0.3) is 10.4 Å². The number of hydrogen-bond acceptors (Lipinski definition) is 3. The summed E-state index contributed by atoms with van der Waals surface area (Å²) in [4.78, 5) is 18.8. The number of hydrogen-bond donors (Lipinski definition) is 2. The highest BCUT2D eigenvalue weighted by Crippen LogP contribution is 2.34. The lowest BCUT2D eigenvalue weighted by Gasteiger charge is -2.21. The number of aromatic nitrogens is 1. The van der Waals surface area contributed by atoms with Gasteiger partial charge in [-0.05, 0) is 37.9 Å². The van der Waals surface area contributed by atoms with Crippen LogP contribution in [0.5, 0.6) is 0 Å². The molecule has 112 valence electrons. The molecule has 2 atom stereocenters. The Morgan fingerprint density at radius 3 is 2.95 bits per heavy atom. The van der Waals surface area contributed by atoms with Crippen molar-refractivity contribution in [2.75, 3.05) is 13.1 Å². The first-order valence-electron chi connectivity index (χ1n) is 7.03. The Morgan fingerprint density at radius 1 is 1.52 bits per heavy atom. The number of nitrogens with two attached hydrogens (primary N) is 1. The minimum absolute atomic E-state index is 0.0687. The van der Waals surface area contributed by atoms with Crippen LogP contribution >= 0.6 is 22.9 Å². The Morgan fingerprint density at radius 2 is 2.33 bits per heavy atom. The molecule has 1 saturated heterocycles. The fraction of sp³-hybridized carbons (Fsp3) is 0.400. The van der Waals surface area contributed by atoms with E-state index in [-0.39, 0.29) is 11.9 Å². The van der Waals surface area contributed by atoms with Crippen LogP contribution in [0, 0.1) is 5.92 Å². The predicted molar refractivity (Wildman–Crippen MR) is 86.8 cm³/mol. The van der Waals surface area contributed by atoms with Gasteiger partial charge in [0.1, 0.15) is 0 Å². The number of likely N-dealkylation sites (tertiary alicyclic amines) is 1. The van der Waals surface area contributed by atoms with Crippen LogP contribution in [0.15, 0.2) is 24.5 Å². The fourth-order valence-electron chi connectivity index (χ4n) is 2.95. The zero-order valence-corrected chi connectivity index (χ0v) is 13.4. The first-order valence-corrected chi connectivity index (χ1v) is 8.23. The van der Waals surface area contributed by atoms with Crippen molar-refractivity contribution in [1.29, 1.82) is 0 Å². The third-order valence-electron chi connectivity index (χ3n) is 4.07. The van der Waals surface area contributed by atoms with Crippen molar-refractivity contribution >= 4 is 28.8 Å². The molecule has 0 radical (unpaired) electrons. The van der Waals surface area contributed by atoms with E-state index in [0.29, 0.717) is 18.0 Å². The predicted octanol–water partition coefficient (Wildman–Crippen LogP) is 3.21. The van der Waals surface area contributed by atoms with Crippen LogP contribution in [-0.2, 0) is 0 Å². The number of rotatable bonds is 3. The summed E-state index contributed by atoms with van der Waals surface area (Å²) in [5.41, 5.74) is 7.37. The van der Waals surface area contributed by atoms with Gasteiger partial charge in [0.2, 0.25) is 0 Å². The highest BCUT2D eigenvalue weighted by atomic mass is 35.5. The Hall–Kier alpha value is -1.30. The number of carbonyl (C=O) groups is 1. The van der Waals surface area contributed by atoms with Gasteiger partial charge in [0.05, 0.1) is 9.90 Å². The Kier molecular flexibility index (Phi) is 4.06. The summed E-state index contributed by atoms with van der Waals surface area (Å²) >= 11 is 7.48. The third-order valence-corrected chi connectivity index (χ3v) is 5.33. The molecule has 1 aliphatic heterocycles. The summed E-state index contributed by atoms with van der Waals surface area (Å²) in [6.07, 6.45) is 4.61. The van der Waals surface area contributed by atoms with Crippen LogP contribution in [-0.4, -0.2) is 34.9 Å². The lowest BCUT2D eigenvalue weighted by atomic mass is 10.1. The van der Waals surface area contributed by atoms with Crippen molar-refractivity contribution in [2.45, 2.75) is 19.4 Å². The topological polar surface area (TPSA) is 62.1 Å². The molecule has 0 aromatic carbocycles. The summed E-state index contributed by atoms with van der Waals surface area (Å²) < 4.78 is 0.724. The quantitative estimate of drug-likeness (QED) is 0.911. The first kappa shape index (κ1) is 14.6. The number of carbonyl (C=O) groups excluding carboxylic acids is 1. The number of thiophene rings is 1. The minimum Gasteiger partial charge on any atom is -0.366 e. The van der Waals surface area contributed by atoms with E-state index in [9.17, 15) is 4.79 Å². The molecule has 6 heteroatoms. The van der Waals surface area contributed by atoms with Crippen molar-refractivity contribution in [1.82, 2.24) is 9.88 Å². The molecule has 0 spiro atoms. The van der Waals surface area contributed by atoms with Gasteiger partial charge in [0.15, 0.2) is 0 Å². The molecule has 0 saturated carbocycles. The minimum atomic E-state index is 0.0687. The standard InChI is InChI=1S/C15H18ClN3OS/c1-9-4-10(5-17)8-19(9)15(20)12-7-18-6-11(12)13-2-3-14(16)21-13/h2-3,6-7,9-10,18H,4-5,8,17H2,1H3. The van der Waals surface area contributed by atoms with Crippen LogP contribution in [0.1, 0.15) is 23.7 Å². The molecule has 3 rings (SSSR count). The normalized spacial score (nSPS) is 22.0. The average molecular weight is 324 g/mol. The van der Waals surface area contributed by atoms with E-state index in [1.54, 1.807) is 6.20 Å². The summed E-state index contributed by atoms with van der Waals surface area (Å²) in [6.45, 7) is 3.46. The van der Waals surface area contributed by atoms with E-state index < -0.39 is 0 Å². The lowest BCUT2D eigenvalue weighted by molar-refractivity contribution is 0.0744. The highest BCUT2D eigenvalue weighted by Gasteiger charge is 2.33. The van der Waals surface area contributed by atoms with Gasteiger partial charge in [-0.3, -0.25) is 4.79 Å². The van der Waals surface area contributed by atoms with Gasteiger partial charge in [0.25, 0.3) is 5.91 Å². The van der Waals surface area contributed by atoms with E-state index in [1.165, 1.54) is 11.3 Å². The van der Waals surface area contributed by atoms with Gasteiger partial charge >= 0.3 is 0 Å². The molecule has 1 aliphatic rings. The molecular weight excluding hydrogens is 306 g/mol. The van der Waals surface area contributed by atoms with E-state index in [0.717, 1.165) is 27.7 Å². The molecule has 2 aromatic heterocycles. The highest BCUT2D eigenvalue weighted by molar-refractivity contribution is 7.19. The van der Waals surface area contributed by atoms with Gasteiger partial charge in [0, 0.05) is 35.4 Å². The van der Waals surface area contributed by atoms with Crippen LogP contribution in [0.4, 0.5) is 0 Å². The molecular formula is C15H18ClN3OS. The second-order valence-electron chi connectivity index (χ2n) is 5.53. The number of nitrogens with one attached hydrogen (secondary N) is 1. The molecule has 3 N–H and O–H groups in total. The smallest absolute Gasteiger partial charge is 0.256 e. The molecule has 21 heavy (non-hydrogen) atoms. The molecule has 2 unspecified atom stereocenters. The van der Waals surface area contributed by atoms with Gasteiger partial charge in [-0.15, -0.1) is 11.3 Å². The summed E-state index contributed by atoms with van der Waals surface area (Å²) in [5, 5.41) is 0. The van der Waals surface area contributed by atoms with Crippen LogP contribution in [0.3, 0.4) is 0 Å². The maximum Gasteiger partial charge on any atom is 0.256 e. The molecule has 4 nitrogen and oxygen atoms in total. The second kappa shape index (κ2) is 5.83. The largest absolute Gasteiger partial charge is 0.366 e. The Bertz CT molecular complexity index is 651. The number of nitrogens with zero attached hydrogens (tertiary/aromatic N) is 1. The maximum absolute atomic E-state index is 12.8. The zero-order chi connectivity index (χ0) is 15.0. The van der Waals surface area contributed by atoms with E-state index in [2.05, 4.69) is 11.9 Å². The lowest BCUT2D eigenvalue weighted by Crippen LogP contribution is -2.34. The Balaban J connectivity index is 1.88. The van der Waals surface area contributed by atoms with E-state index >= 15 is 0 Å². The molecule has 1 amide bonds. The van der Waals surface area contributed by atoms with Gasteiger partial charge in [-0.1, -0.05) is 11.6 Å². The van der Waals surface area contributed by atoms with Crippen molar-refractivity contribution in [2.24, 2.45) is 11.7 Å². The fourth-order valence-corrected chi connectivity index (χ4v) is 4.03. The molecule has 3 heterocycles. The SMILES string of the molecule is CC1CC(CN)CN1C(=O)c1c[nH]cc1-c1ccc(Cl)s1. The summed E-state index contributed by atoms with van der Waals surface area (Å²) in [5.74, 6) is 0.474. The Labute approximate surface area is 132 Å². The third kappa shape index (κ3) is 2.73. The monoisotopic (exact) mass is 323 g/mol. The van der Waals surface area contributed by atoms with Crippen molar-refractivity contribution < 1.29 is 4.79 Å². The molecule has 1 fully saturated rings. The number of halogens is 1. The molecule has 0 aliphatic carbocycles. The summed E-state index contributed by atoms with van der Waals surface area (Å²) in [6, 6.07) is 4.04. The van der Waals surface area contributed by atoms with Crippen molar-refractivity contribution in [3.05, 3.63) is 34.4 Å². The second-order valence-corrected chi connectivity index (χ2v) is 7.25. The number of aromatic amines is 1. The summed E-state index contributed by atoms with van der Waals surface area (Å²) in [7, 11) is 0. The van der Waals surface area contributed by atoms with Crippen LogP contribution < -0.4 is 5.73 Å². The van der Waals surface area contributed by atoms with Gasteiger partial charge in [-0.2, -0.15) is 0 Å². The average Bonchev–Trinajstić information content (AvgIpc) is 3.16. The van der Waals surface area contributed by atoms with Crippen molar-refractivity contribution in [3.8, 4) is 10.4 Å². The van der Waals surface area contributed by atoms with E-state index in [1.807, 2.05) is 23.2 Å². The molecule has 2 aromatic rings. The number of amides is 1. The maximum atomic E-state index is 12.8. The van der Waals surface area contributed by atoms with Crippen LogP contribution in [0.2, 0.25) is 4.34 Å². The van der Waals surface area contributed by atoms with Gasteiger partial charge < -0.3 is 15.6 Å².